The van der Waals surface area contributed by atoms with E-state index < -0.39 is 35.4 Å². The van der Waals surface area contributed by atoms with Gasteiger partial charge in [0.1, 0.15) is 5.75 Å². The van der Waals surface area contributed by atoms with Gasteiger partial charge in [-0.05, 0) is 69.7 Å². The van der Waals surface area contributed by atoms with Crippen LogP contribution in [-0.2, 0) is 0 Å². The summed E-state index contributed by atoms with van der Waals surface area (Å²) < 4.78 is 66.8. The Balaban J connectivity index is 2.25. The number of benzene rings is 2. The number of hydrogen-bond acceptors (Lipinski definition) is 4. The van der Waals surface area contributed by atoms with Gasteiger partial charge in [0, 0.05) is 16.0 Å². The van der Waals surface area contributed by atoms with Gasteiger partial charge in [0.15, 0.2) is 0 Å². The molecule has 178 valence electrons. The summed E-state index contributed by atoms with van der Waals surface area (Å²) in [6, 6.07) is 10.1. The number of nitrogens with zero attached hydrogens (tertiary/aromatic N) is 1. The molecule has 0 aromatic heterocycles. The molecule has 0 fully saturated rings. The predicted molar refractivity (Wildman–Crippen MR) is 115 cm³/mol. The van der Waals surface area contributed by atoms with Crippen LogP contribution >= 0.6 is 12.2 Å². The molecule has 2 amide bonds. The molecule has 0 aliphatic heterocycles. The first-order valence-corrected chi connectivity index (χ1v) is 9.94. The van der Waals surface area contributed by atoms with Gasteiger partial charge in [-0.25, -0.2) is 5.01 Å². The van der Waals surface area contributed by atoms with Crippen molar-refractivity contribution < 1.29 is 36.3 Å². The highest BCUT2D eigenvalue weighted by Gasteiger charge is 2.61. The second kappa shape index (κ2) is 9.42. The Kier molecular flexibility index (Phi) is 7.47. The van der Waals surface area contributed by atoms with E-state index in [1.54, 1.807) is 45.9 Å². The summed E-state index contributed by atoms with van der Waals surface area (Å²) in [4.78, 5) is 26.3. The van der Waals surface area contributed by atoms with Crippen LogP contribution in [-0.4, -0.2) is 39.5 Å². The monoisotopic (exact) mass is 488 g/mol. The fourth-order valence-corrected chi connectivity index (χ4v) is 2.70. The Morgan fingerprint density at radius 2 is 1.45 bits per heavy atom. The van der Waals surface area contributed by atoms with Crippen LogP contribution in [0.3, 0.4) is 0 Å². The van der Waals surface area contributed by atoms with Crippen molar-refractivity contribution in [2.45, 2.75) is 45.5 Å². The number of rotatable bonds is 5. The third kappa shape index (κ3) is 6.47. The van der Waals surface area contributed by atoms with Crippen LogP contribution in [0.4, 0.5) is 22.0 Å². The number of nitrogens with one attached hydrogen (secondary N) is 1. The zero-order valence-corrected chi connectivity index (χ0v) is 18.9. The minimum atomic E-state index is -5.90. The van der Waals surface area contributed by atoms with E-state index >= 15 is 0 Å². The van der Waals surface area contributed by atoms with Crippen molar-refractivity contribution in [1.82, 2.24) is 10.4 Å². The van der Waals surface area contributed by atoms with E-state index in [9.17, 15) is 31.5 Å². The second-order valence-corrected chi connectivity index (χ2v) is 8.64. The first kappa shape index (κ1) is 26.2. The molecular formula is C22H21F5N2O3S. The number of carbonyl (C=O) groups is 2. The van der Waals surface area contributed by atoms with Crippen molar-refractivity contribution >= 4 is 28.9 Å². The van der Waals surface area contributed by atoms with Crippen LogP contribution in [0.15, 0.2) is 48.5 Å². The zero-order valence-electron chi connectivity index (χ0n) is 18.1. The van der Waals surface area contributed by atoms with Crippen molar-refractivity contribution in [3.05, 3.63) is 65.2 Å². The molecule has 0 aliphatic carbocycles. The van der Waals surface area contributed by atoms with Gasteiger partial charge >= 0.3 is 12.3 Å². The molecule has 0 heterocycles. The predicted octanol–water partition coefficient (Wildman–Crippen LogP) is 5.54. The number of alkyl halides is 5. The molecule has 0 unspecified atom stereocenters. The van der Waals surface area contributed by atoms with Crippen LogP contribution < -0.4 is 10.2 Å². The maximum atomic E-state index is 13.1. The number of halogens is 5. The molecule has 0 bridgehead atoms. The van der Waals surface area contributed by atoms with Crippen molar-refractivity contribution in [2.24, 2.45) is 0 Å². The fourth-order valence-electron chi connectivity index (χ4n) is 2.57. The number of ether oxygens (including phenoxy) is 1. The number of carbonyl (C=O) groups excluding carboxylic acids is 2. The van der Waals surface area contributed by atoms with E-state index in [1.165, 1.54) is 6.07 Å². The van der Waals surface area contributed by atoms with E-state index in [1.807, 2.05) is 0 Å². The molecule has 5 nitrogen and oxygen atoms in total. The quantitative estimate of drug-likeness (QED) is 0.260. The maximum Gasteiger partial charge on any atom is 0.499 e. The standard InChI is InChI=1S/C22H21F5N2O3S/c1-13(33)15-6-5-7-16(12-15)18(30)28-29(20(2,3)4)19(31)14-8-10-17(11-9-14)32-22(26,27)21(23,24)25/h5-12H,1-4H3,(H,28,30). The summed E-state index contributed by atoms with van der Waals surface area (Å²) in [7, 11) is 0. The number of amides is 2. The van der Waals surface area contributed by atoms with Gasteiger partial charge in [-0.1, -0.05) is 24.4 Å². The van der Waals surface area contributed by atoms with Crippen LogP contribution in [0.2, 0.25) is 0 Å². The Morgan fingerprint density at radius 3 is 1.94 bits per heavy atom. The third-order valence-corrected chi connectivity index (χ3v) is 4.53. The SMILES string of the molecule is CC(=S)c1cccc(C(=O)NN(C(=O)c2ccc(OC(F)(F)C(F)(F)F)cc2)C(C)(C)C)c1. The highest BCUT2D eigenvalue weighted by molar-refractivity contribution is 7.80. The number of thiocarbonyl (C=S) groups is 1. The van der Waals surface area contributed by atoms with E-state index in [2.05, 4.69) is 10.2 Å². The first-order chi connectivity index (χ1) is 15.0. The minimum absolute atomic E-state index is 0.0728. The molecule has 2 aromatic rings. The molecule has 0 saturated carbocycles. The molecule has 1 N–H and O–H groups in total. The topological polar surface area (TPSA) is 58.6 Å². The highest BCUT2D eigenvalue weighted by atomic mass is 32.1. The third-order valence-electron chi connectivity index (χ3n) is 4.30. The molecule has 2 aromatic carbocycles. The maximum absolute atomic E-state index is 13.1. The summed E-state index contributed by atoms with van der Waals surface area (Å²) in [5.41, 5.74) is 2.44. The summed E-state index contributed by atoms with van der Waals surface area (Å²) in [5.74, 6) is -2.10. The molecule has 2 rings (SSSR count). The molecule has 0 atom stereocenters. The van der Waals surface area contributed by atoms with Crippen LogP contribution in [0, 0.1) is 0 Å². The van der Waals surface area contributed by atoms with E-state index in [4.69, 9.17) is 12.2 Å². The Morgan fingerprint density at radius 1 is 0.909 bits per heavy atom. The van der Waals surface area contributed by atoms with Gasteiger partial charge in [-0.15, -0.1) is 0 Å². The lowest BCUT2D eigenvalue weighted by molar-refractivity contribution is -0.360. The van der Waals surface area contributed by atoms with E-state index in [0.717, 1.165) is 29.3 Å². The lowest BCUT2D eigenvalue weighted by Crippen LogP contribution is -2.55. The van der Waals surface area contributed by atoms with Gasteiger partial charge in [-0.3, -0.25) is 15.0 Å². The molecule has 0 saturated heterocycles. The Hall–Kier alpha value is -3.08. The van der Waals surface area contributed by atoms with E-state index in [-0.39, 0.29) is 11.1 Å². The molecular weight excluding hydrogens is 467 g/mol. The van der Waals surface area contributed by atoms with Crippen LogP contribution in [0.1, 0.15) is 54.0 Å². The molecule has 0 radical (unpaired) electrons. The van der Waals surface area contributed by atoms with Gasteiger partial charge in [0.2, 0.25) is 0 Å². The summed E-state index contributed by atoms with van der Waals surface area (Å²) in [6.45, 7) is 6.63. The smallest absolute Gasteiger partial charge is 0.426 e. The fraction of sp³-hybridized carbons (Fsp3) is 0.318. The van der Waals surface area contributed by atoms with Crippen LogP contribution in [0.25, 0.3) is 0 Å². The Bertz CT molecular complexity index is 1050. The zero-order chi connectivity index (χ0) is 25.2. The minimum Gasteiger partial charge on any atom is -0.426 e. The molecule has 0 aliphatic rings. The molecule has 11 heteroatoms. The largest absolute Gasteiger partial charge is 0.499 e. The summed E-state index contributed by atoms with van der Waals surface area (Å²) >= 11 is 5.11. The van der Waals surface area contributed by atoms with Gasteiger partial charge < -0.3 is 4.74 Å². The molecule has 33 heavy (non-hydrogen) atoms. The van der Waals surface area contributed by atoms with Gasteiger partial charge in [0.25, 0.3) is 11.8 Å². The average molecular weight is 488 g/mol. The van der Waals surface area contributed by atoms with Crippen molar-refractivity contribution in [3.63, 3.8) is 0 Å². The molecule has 0 spiro atoms. The highest BCUT2D eigenvalue weighted by Crippen LogP contribution is 2.37. The van der Waals surface area contributed by atoms with E-state index in [0.29, 0.717) is 10.4 Å². The van der Waals surface area contributed by atoms with Crippen molar-refractivity contribution in [1.29, 1.82) is 0 Å². The average Bonchev–Trinajstić information content (AvgIpc) is 2.70. The lowest BCUT2D eigenvalue weighted by Gasteiger charge is -2.35. The lowest BCUT2D eigenvalue weighted by atomic mass is 10.1. The van der Waals surface area contributed by atoms with Crippen molar-refractivity contribution in [2.75, 3.05) is 0 Å². The normalized spacial score (nSPS) is 12.2. The number of hydrogen-bond donors (Lipinski definition) is 1. The summed E-state index contributed by atoms with van der Waals surface area (Å²) in [6.07, 6.45) is -11.3. The van der Waals surface area contributed by atoms with Gasteiger partial charge in [-0.2, -0.15) is 22.0 Å². The van der Waals surface area contributed by atoms with Crippen LogP contribution in [0.5, 0.6) is 5.75 Å². The first-order valence-electron chi connectivity index (χ1n) is 9.53. The van der Waals surface area contributed by atoms with Crippen molar-refractivity contribution in [3.8, 4) is 5.75 Å². The Labute approximate surface area is 192 Å². The number of hydrazine groups is 1. The van der Waals surface area contributed by atoms with Gasteiger partial charge in [0.05, 0.1) is 5.54 Å². The second-order valence-electron chi connectivity index (χ2n) is 8.03. The summed E-state index contributed by atoms with van der Waals surface area (Å²) in [5, 5.41) is 1.03.